The lowest BCUT2D eigenvalue weighted by molar-refractivity contribution is -0.116. The van der Waals surface area contributed by atoms with Gasteiger partial charge < -0.3 is 15.0 Å². The molecule has 2 N–H and O–H groups in total. The highest BCUT2D eigenvalue weighted by Gasteiger charge is 2.29. The molecule has 3 aromatic rings. The first kappa shape index (κ1) is 25.1. The van der Waals surface area contributed by atoms with Crippen LogP contribution in [0.25, 0.3) is 10.9 Å². The number of aromatic nitrogens is 3. The van der Waals surface area contributed by atoms with E-state index in [1.807, 2.05) is 26.8 Å². The average Bonchev–Trinajstić information content (AvgIpc) is 3.36. The van der Waals surface area contributed by atoms with Crippen molar-refractivity contribution in [2.24, 2.45) is 0 Å². The molecule has 0 bridgehead atoms. The van der Waals surface area contributed by atoms with Crippen LogP contribution in [0.5, 0.6) is 0 Å². The smallest absolute Gasteiger partial charge is 0.410 e. The average molecular weight is 521 g/mol. The van der Waals surface area contributed by atoms with E-state index in [4.69, 9.17) is 4.74 Å². The van der Waals surface area contributed by atoms with Gasteiger partial charge in [-0.3, -0.25) is 9.89 Å². The van der Waals surface area contributed by atoms with E-state index in [0.29, 0.717) is 41.2 Å². The first-order valence-electron chi connectivity index (χ1n) is 11.0. The zero-order valence-electron chi connectivity index (χ0n) is 20.2. The number of thiazole rings is 1. The highest BCUT2D eigenvalue weighted by atomic mass is 32.2. The molecule has 0 saturated heterocycles. The van der Waals surface area contributed by atoms with Crippen molar-refractivity contribution >= 4 is 49.4 Å². The number of benzene rings is 1. The molecule has 3 heterocycles. The summed E-state index contributed by atoms with van der Waals surface area (Å²) in [6.07, 6.45) is 1.75. The number of amides is 2. The molecule has 1 aliphatic rings. The van der Waals surface area contributed by atoms with Crippen molar-refractivity contribution in [3.05, 3.63) is 34.5 Å². The third-order valence-electron chi connectivity index (χ3n) is 5.34. The minimum Gasteiger partial charge on any atom is -0.444 e. The minimum absolute atomic E-state index is 0.0623. The van der Waals surface area contributed by atoms with Crippen LogP contribution < -0.4 is 5.32 Å². The van der Waals surface area contributed by atoms with Crippen LogP contribution in [-0.2, 0) is 32.5 Å². The van der Waals surface area contributed by atoms with Crippen LogP contribution in [0.15, 0.2) is 23.2 Å². The van der Waals surface area contributed by atoms with Crippen LogP contribution in [0.4, 0.5) is 9.93 Å². The van der Waals surface area contributed by atoms with E-state index < -0.39 is 27.6 Å². The summed E-state index contributed by atoms with van der Waals surface area (Å²) in [4.78, 5) is 32.1. The highest BCUT2D eigenvalue weighted by molar-refractivity contribution is 7.89. The number of likely N-dealkylation sites (N-methyl/N-ethyl adjacent to an activating group) is 1. The SMILES string of the molecule is Cc1cc(S(=O)(=O)N(C)CC(=O)Nc2nc3c(s2)CCN(C(=O)OC(C)(C)C)C3)c2[nH]ncc2c1. The molecule has 0 radical (unpaired) electrons. The van der Waals surface area contributed by atoms with Crippen LogP contribution in [0.2, 0.25) is 0 Å². The summed E-state index contributed by atoms with van der Waals surface area (Å²) in [6, 6.07) is 3.38. The van der Waals surface area contributed by atoms with Gasteiger partial charge in [-0.2, -0.15) is 9.40 Å². The summed E-state index contributed by atoms with van der Waals surface area (Å²) in [6.45, 7) is 7.63. The monoisotopic (exact) mass is 520 g/mol. The lowest BCUT2D eigenvalue weighted by atomic mass is 10.2. The molecule has 11 nitrogen and oxygen atoms in total. The summed E-state index contributed by atoms with van der Waals surface area (Å²) < 4.78 is 32.8. The first-order chi connectivity index (χ1) is 16.3. The van der Waals surface area contributed by atoms with Crippen LogP contribution in [0.1, 0.15) is 36.9 Å². The van der Waals surface area contributed by atoms with Gasteiger partial charge in [-0.25, -0.2) is 18.2 Å². The van der Waals surface area contributed by atoms with Crippen molar-refractivity contribution < 1.29 is 22.7 Å². The van der Waals surface area contributed by atoms with Gasteiger partial charge in [0.15, 0.2) is 5.13 Å². The highest BCUT2D eigenvalue weighted by Crippen LogP contribution is 2.29. The predicted molar refractivity (Wildman–Crippen MR) is 132 cm³/mol. The third kappa shape index (κ3) is 5.46. The van der Waals surface area contributed by atoms with Gasteiger partial charge in [-0.15, -0.1) is 11.3 Å². The lowest BCUT2D eigenvalue weighted by Crippen LogP contribution is -2.39. The number of carbonyl (C=O) groups is 2. The van der Waals surface area contributed by atoms with E-state index in [-0.39, 0.29) is 11.4 Å². The number of H-pyrrole nitrogens is 1. The number of nitrogens with zero attached hydrogens (tertiary/aromatic N) is 4. The van der Waals surface area contributed by atoms with Gasteiger partial charge in [0.1, 0.15) is 10.5 Å². The Morgan fingerprint density at radius 3 is 2.77 bits per heavy atom. The van der Waals surface area contributed by atoms with Gasteiger partial charge in [0.25, 0.3) is 0 Å². The zero-order chi connectivity index (χ0) is 25.5. The van der Waals surface area contributed by atoms with Gasteiger partial charge in [0, 0.05) is 30.3 Å². The van der Waals surface area contributed by atoms with E-state index in [2.05, 4.69) is 20.5 Å². The second kappa shape index (κ2) is 9.21. The standard InChI is InChI=1S/C22H28N6O5S2/c1-13-8-14-10-23-26-19(14)17(9-13)35(31,32)27(5)12-18(29)25-20-24-15-11-28(7-6-16(15)34-20)21(30)33-22(2,3)4/h8-10H,6-7,11-12H2,1-5H3,(H,23,26)(H,24,25,29). The lowest BCUT2D eigenvalue weighted by Gasteiger charge is -2.29. The maximum Gasteiger partial charge on any atom is 0.410 e. The molecule has 0 unspecified atom stereocenters. The van der Waals surface area contributed by atoms with Crippen LogP contribution >= 0.6 is 11.3 Å². The van der Waals surface area contributed by atoms with Crippen LogP contribution in [0.3, 0.4) is 0 Å². The molecule has 1 aliphatic heterocycles. The summed E-state index contributed by atoms with van der Waals surface area (Å²) >= 11 is 1.32. The second-order valence-corrected chi connectivity index (χ2v) is 12.5. The zero-order valence-corrected chi connectivity index (χ0v) is 21.8. The van der Waals surface area contributed by atoms with Crippen LogP contribution in [0, 0.1) is 6.92 Å². The maximum absolute atomic E-state index is 13.2. The number of sulfonamides is 1. The Balaban J connectivity index is 1.42. The normalized spacial score (nSPS) is 14.3. The summed E-state index contributed by atoms with van der Waals surface area (Å²) in [5.41, 5.74) is 1.27. The van der Waals surface area contributed by atoms with Crippen molar-refractivity contribution in [3.8, 4) is 0 Å². The molecule has 0 saturated carbocycles. The second-order valence-electron chi connectivity index (χ2n) is 9.45. The number of anilines is 1. The Kier molecular flexibility index (Phi) is 6.60. The first-order valence-corrected chi connectivity index (χ1v) is 13.3. The van der Waals surface area contributed by atoms with E-state index >= 15 is 0 Å². The number of fused-ring (bicyclic) bond motifs is 2. The molecular formula is C22H28N6O5S2. The van der Waals surface area contributed by atoms with Crippen molar-refractivity contribution in [3.63, 3.8) is 0 Å². The largest absolute Gasteiger partial charge is 0.444 e. The Morgan fingerprint density at radius 1 is 1.31 bits per heavy atom. The van der Waals surface area contributed by atoms with Gasteiger partial charge in [-0.1, -0.05) is 0 Å². The number of nitrogens with one attached hydrogen (secondary N) is 2. The molecule has 13 heteroatoms. The minimum atomic E-state index is -3.95. The van der Waals surface area contributed by atoms with Gasteiger partial charge in [0.2, 0.25) is 15.9 Å². The van der Waals surface area contributed by atoms with Crippen molar-refractivity contribution in [1.29, 1.82) is 0 Å². The quantitative estimate of drug-likeness (QED) is 0.528. The molecule has 2 amide bonds. The number of hydrogen-bond donors (Lipinski definition) is 2. The summed E-state index contributed by atoms with van der Waals surface area (Å²) in [5, 5.41) is 10.4. The number of ether oxygens (including phenoxy) is 1. The number of aromatic amines is 1. The molecule has 4 rings (SSSR count). The fraction of sp³-hybridized carbons (Fsp3) is 0.455. The Bertz CT molecular complexity index is 1390. The molecule has 0 spiro atoms. The van der Waals surface area contributed by atoms with E-state index in [9.17, 15) is 18.0 Å². The number of rotatable bonds is 5. The van der Waals surface area contributed by atoms with Crippen molar-refractivity contribution in [2.45, 2.75) is 51.2 Å². The number of hydrogen-bond acceptors (Lipinski definition) is 8. The Hall–Kier alpha value is -3.03. The van der Waals surface area contributed by atoms with Crippen LogP contribution in [-0.4, -0.2) is 70.5 Å². The van der Waals surface area contributed by atoms with Gasteiger partial charge in [0.05, 0.1) is 30.5 Å². The summed E-state index contributed by atoms with van der Waals surface area (Å²) in [5.74, 6) is -0.514. The molecule has 0 fully saturated rings. The topological polar surface area (TPSA) is 138 Å². The third-order valence-corrected chi connectivity index (χ3v) is 8.24. The Morgan fingerprint density at radius 2 is 2.06 bits per heavy atom. The number of carbonyl (C=O) groups excluding carboxylic acids is 2. The van der Waals surface area contributed by atoms with Crippen molar-refractivity contribution in [1.82, 2.24) is 24.4 Å². The molecule has 1 aromatic carbocycles. The van der Waals surface area contributed by atoms with Gasteiger partial charge >= 0.3 is 6.09 Å². The molecule has 0 atom stereocenters. The maximum atomic E-state index is 13.2. The predicted octanol–water partition coefficient (Wildman–Crippen LogP) is 2.88. The molecule has 0 aliphatic carbocycles. The van der Waals surface area contributed by atoms with Crippen molar-refractivity contribution in [2.75, 3.05) is 25.5 Å². The molecule has 188 valence electrons. The fourth-order valence-electron chi connectivity index (χ4n) is 3.72. The molecule has 35 heavy (non-hydrogen) atoms. The molecular weight excluding hydrogens is 492 g/mol. The van der Waals surface area contributed by atoms with E-state index in [1.165, 1.54) is 18.4 Å². The Labute approximate surface area is 207 Å². The van der Waals surface area contributed by atoms with E-state index in [1.54, 1.807) is 24.1 Å². The number of aryl methyl sites for hydroxylation is 1. The fourth-order valence-corrected chi connectivity index (χ4v) is 6.07. The van der Waals surface area contributed by atoms with E-state index in [0.717, 1.165) is 14.7 Å². The summed E-state index contributed by atoms with van der Waals surface area (Å²) in [7, 11) is -2.60. The van der Waals surface area contributed by atoms with Gasteiger partial charge in [-0.05, 0) is 45.4 Å². The molecule has 2 aromatic heterocycles.